The van der Waals surface area contributed by atoms with E-state index in [-0.39, 0.29) is 16.9 Å². The van der Waals surface area contributed by atoms with Crippen LogP contribution in [0.25, 0.3) is 0 Å². The number of benzene rings is 1. The molecule has 0 unspecified atom stereocenters. The van der Waals surface area contributed by atoms with Crippen LogP contribution in [-0.2, 0) is 6.42 Å². The van der Waals surface area contributed by atoms with E-state index in [1.54, 1.807) is 6.07 Å². The number of fused-ring (bicyclic) bond motifs is 1. The lowest BCUT2D eigenvalue weighted by molar-refractivity contribution is -0.384. The van der Waals surface area contributed by atoms with Gasteiger partial charge in [-0.1, -0.05) is 6.07 Å². The van der Waals surface area contributed by atoms with Gasteiger partial charge in [0, 0.05) is 23.1 Å². The molecule has 1 fully saturated rings. The summed E-state index contributed by atoms with van der Waals surface area (Å²) in [5, 5.41) is 14.1. The van der Waals surface area contributed by atoms with E-state index in [0.717, 1.165) is 44.3 Å². The SMILES string of the molecule is O=C1c2cc([N+](=O)[O-])ccc2CCC12CCNCC2. The molecule has 1 saturated heterocycles. The quantitative estimate of drug-likeness (QED) is 0.620. The van der Waals surface area contributed by atoms with Crippen LogP contribution in [0.15, 0.2) is 18.2 Å². The maximum atomic E-state index is 12.7. The van der Waals surface area contributed by atoms with E-state index in [4.69, 9.17) is 0 Å². The third-order valence-corrected chi connectivity index (χ3v) is 4.46. The fourth-order valence-corrected chi connectivity index (χ4v) is 3.26. The van der Waals surface area contributed by atoms with Gasteiger partial charge in [0.2, 0.25) is 0 Å². The van der Waals surface area contributed by atoms with Gasteiger partial charge in [-0.2, -0.15) is 0 Å². The highest BCUT2D eigenvalue weighted by Gasteiger charge is 2.43. The van der Waals surface area contributed by atoms with Crippen molar-refractivity contribution in [3.8, 4) is 0 Å². The molecule has 5 heteroatoms. The van der Waals surface area contributed by atoms with E-state index in [1.165, 1.54) is 12.1 Å². The standard InChI is InChI=1S/C14H16N2O3/c17-13-12-9-11(16(18)19)2-1-10(12)3-4-14(13)5-7-15-8-6-14/h1-2,9,15H,3-8H2. The van der Waals surface area contributed by atoms with Gasteiger partial charge in [0.1, 0.15) is 0 Å². The number of piperidine rings is 1. The average Bonchev–Trinajstić information content (AvgIpc) is 2.44. The summed E-state index contributed by atoms with van der Waals surface area (Å²) in [5.41, 5.74) is 1.26. The zero-order valence-electron chi connectivity index (χ0n) is 10.6. The van der Waals surface area contributed by atoms with Gasteiger partial charge in [0.25, 0.3) is 5.69 Å². The lowest BCUT2D eigenvalue weighted by Gasteiger charge is -2.39. The van der Waals surface area contributed by atoms with Crippen molar-refractivity contribution in [1.82, 2.24) is 5.32 Å². The lowest BCUT2D eigenvalue weighted by atomic mass is 9.65. The van der Waals surface area contributed by atoms with Gasteiger partial charge in [0.05, 0.1) is 4.92 Å². The van der Waals surface area contributed by atoms with Gasteiger partial charge in [-0.3, -0.25) is 14.9 Å². The largest absolute Gasteiger partial charge is 0.317 e. The molecule has 0 amide bonds. The van der Waals surface area contributed by atoms with E-state index >= 15 is 0 Å². The summed E-state index contributed by atoms with van der Waals surface area (Å²) in [5.74, 6) is 0.110. The summed E-state index contributed by atoms with van der Waals surface area (Å²) >= 11 is 0. The number of nitrogens with one attached hydrogen (secondary N) is 1. The van der Waals surface area contributed by atoms with Gasteiger partial charge < -0.3 is 5.32 Å². The van der Waals surface area contributed by atoms with Crippen molar-refractivity contribution in [2.75, 3.05) is 13.1 Å². The van der Waals surface area contributed by atoms with Crippen LogP contribution in [0.2, 0.25) is 0 Å². The van der Waals surface area contributed by atoms with Crippen LogP contribution < -0.4 is 5.32 Å². The van der Waals surface area contributed by atoms with Crippen molar-refractivity contribution in [2.24, 2.45) is 5.41 Å². The van der Waals surface area contributed by atoms with Crippen LogP contribution in [0.4, 0.5) is 5.69 Å². The topological polar surface area (TPSA) is 72.2 Å². The number of ketones is 1. The molecular weight excluding hydrogens is 244 g/mol. The Morgan fingerprint density at radius 2 is 1.95 bits per heavy atom. The van der Waals surface area contributed by atoms with E-state index in [1.807, 2.05) is 0 Å². The zero-order valence-corrected chi connectivity index (χ0v) is 10.6. The first-order valence-electron chi connectivity index (χ1n) is 6.65. The van der Waals surface area contributed by atoms with Crippen LogP contribution in [0.3, 0.4) is 0 Å². The van der Waals surface area contributed by atoms with E-state index in [0.29, 0.717) is 5.56 Å². The molecule has 100 valence electrons. The number of carbonyl (C=O) groups is 1. The molecule has 1 aliphatic heterocycles. The first-order chi connectivity index (χ1) is 9.12. The van der Waals surface area contributed by atoms with Crippen molar-refractivity contribution < 1.29 is 9.72 Å². The number of carbonyl (C=O) groups excluding carboxylic acids is 1. The molecule has 0 saturated carbocycles. The third kappa shape index (κ3) is 1.94. The highest BCUT2D eigenvalue weighted by Crippen LogP contribution is 2.42. The zero-order chi connectivity index (χ0) is 13.5. The second-order valence-electron chi connectivity index (χ2n) is 5.46. The van der Waals surface area contributed by atoms with Crippen molar-refractivity contribution in [3.63, 3.8) is 0 Å². The number of non-ortho nitro benzene ring substituents is 1. The molecular formula is C14H16N2O3. The number of nitro benzene ring substituents is 1. The minimum absolute atomic E-state index is 0.0121. The van der Waals surface area contributed by atoms with Crippen LogP contribution in [0.1, 0.15) is 35.2 Å². The predicted octanol–water partition coefficient (Wildman–Crippen LogP) is 2.09. The second-order valence-corrected chi connectivity index (χ2v) is 5.46. The Balaban J connectivity index is 2.02. The lowest BCUT2D eigenvalue weighted by Crippen LogP contribution is -2.44. The Labute approximate surface area is 111 Å². The van der Waals surface area contributed by atoms with E-state index < -0.39 is 4.92 Å². The molecule has 3 rings (SSSR count). The molecule has 1 spiro atoms. The van der Waals surface area contributed by atoms with E-state index in [2.05, 4.69) is 5.32 Å². The monoisotopic (exact) mass is 260 g/mol. The first kappa shape index (κ1) is 12.3. The van der Waals surface area contributed by atoms with Gasteiger partial charge >= 0.3 is 0 Å². The average molecular weight is 260 g/mol. The van der Waals surface area contributed by atoms with Gasteiger partial charge in [-0.05, 0) is 44.3 Å². The highest BCUT2D eigenvalue weighted by atomic mass is 16.6. The number of aryl methyl sites for hydroxylation is 1. The number of Topliss-reactive ketones (excluding diaryl/α,β-unsaturated/α-hetero) is 1. The third-order valence-electron chi connectivity index (χ3n) is 4.46. The van der Waals surface area contributed by atoms with Crippen molar-refractivity contribution >= 4 is 11.5 Å². The van der Waals surface area contributed by atoms with Crippen LogP contribution in [-0.4, -0.2) is 23.8 Å². The summed E-state index contributed by atoms with van der Waals surface area (Å²) < 4.78 is 0. The minimum Gasteiger partial charge on any atom is -0.317 e. The summed E-state index contributed by atoms with van der Waals surface area (Å²) in [6.07, 6.45) is 3.40. The van der Waals surface area contributed by atoms with Gasteiger partial charge in [-0.25, -0.2) is 0 Å². The smallest absolute Gasteiger partial charge is 0.270 e. The fraction of sp³-hybridized carbons (Fsp3) is 0.500. The summed E-state index contributed by atoms with van der Waals surface area (Å²) in [7, 11) is 0. The number of nitro groups is 1. The molecule has 1 aromatic carbocycles. The number of hydrogen-bond acceptors (Lipinski definition) is 4. The Morgan fingerprint density at radius 1 is 1.21 bits per heavy atom. The molecule has 0 atom stereocenters. The maximum absolute atomic E-state index is 12.7. The second kappa shape index (κ2) is 4.42. The molecule has 0 aromatic heterocycles. The Bertz CT molecular complexity index is 548. The highest BCUT2D eigenvalue weighted by molar-refractivity contribution is 6.03. The van der Waals surface area contributed by atoms with E-state index in [9.17, 15) is 14.9 Å². The molecule has 19 heavy (non-hydrogen) atoms. The molecule has 0 bridgehead atoms. The molecule has 1 heterocycles. The Kier molecular flexibility index (Phi) is 2.86. The Morgan fingerprint density at radius 3 is 2.63 bits per heavy atom. The minimum atomic E-state index is -0.433. The molecule has 1 aliphatic carbocycles. The van der Waals surface area contributed by atoms with Gasteiger partial charge in [-0.15, -0.1) is 0 Å². The number of nitrogens with zero attached hydrogens (tertiary/aromatic N) is 1. The normalized spacial score (nSPS) is 21.2. The van der Waals surface area contributed by atoms with Crippen molar-refractivity contribution in [2.45, 2.75) is 25.7 Å². The number of hydrogen-bond donors (Lipinski definition) is 1. The Hall–Kier alpha value is -1.75. The molecule has 5 nitrogen and oxygen atoms in total. The van der Waals surface area contributed by atoms with Crippen molar-refractivity contribution in [3.05, 3.63) is 39.4 Å². The first-order valence-corrected chi connectivity index (χ1v) is 6.65. The van der Waals surface area contributed by atoms with Crippen LogP contribution in [0.5, 0.6) is 0 Å². The summed E-state index contributed by atoms with van der Waals surface area (Å²) in [6.45, 7) is 1.71. The summed E-state index contributed by atoms with van der Waals surface area (Å²) in [4.78, 5) is 23.1. The predicted molar refractivity (Wildman–Crippen MR) is 70.3 cm³/mol. The maximum Gasteiger partial charge on any atom is 0.270 e. The number of rotatable bonds is 1. The molecule has 1 N–H and O–H groups in total. The van der Waals surface area contributed by atoms with Crippen LogP contribution in [0, 0.1) is 15.5 Å². The van der Waals surface area contributed by atoms with Gasteiger partial charge in [0.15, 0.2) is 5.78 Å². The van der Waals surface area contributed by atoms with Crippen LogP contribution >= 0.6 is 0 Å². The molecule has 2 aliphatic rings. The summed E-state index contributed by atoms with van der Waals surface area (Å²) in [6, 6.07) is 4.69. The van der Waals surface area contributed by atoms with Crippen molar-refractivity contribution in [1.29, 1.82) is 0 Å². The molecule has 1 aromatic rings. The molecule has 0 radical (unpaired) electrons. The fourth-order valence-electron chi connectivity index (χ4n) is 3.26.